The summed E-state index contributed by atoms with van der Waals surface area (Å²) in [7, 11) is 0. The van der Waals surface area contributed by atoms with Crippen LogP contribution >= 0.6 is 11.3 Å². The van der Waals surface area contributed by atoms with Crippen LogP contribution in [0.1, 0.15) is 52.2 Å². The SMILES string of the molecule is CCOC(=O)c1c(N2C(=O)[C@@H]3[C@H](ON(c4ccccc4)[C@H]3c3cccc([N+](=O)[O-])c3)C2=O)sc2c1CCCC2. The van der Waals surface area contributed by atoms with Gasteiger partial charge in [-0.15, -0.1) is 11.3 Å². The molecule has 200 valence electrons. The van der Waals surface area contributed by atoms with Crippen molar-refractivity contribution in [2.75, 3.05) is 16.6 Å². The molecule has 0 saturated carbocycles. The molecule has 2 fully saturated rings. The number of aryl methyl sites for hydroxylation is 1. The predicted octanol–water partition coefficient (Wildman–Crippen LogP) is 4.76. The highest BCUT2D eigenvalue weighted by atomic mass is 32.1. The van der Waals surface area contributed by atoms with Crippen LogP contribution < -0.4 is 9.96 Å². The van der Waals surface area contributed by atoms with E-state index in [1.165, 1.54) is 28.5 Å². The number of hydroxylamine groups is 1. The molecule has 6 rings (SSSR count). The van der Waals surface area contributed by atoms with Gasteiger partial charge in [-0.25, -0.2) is 14.8 Å². The zero-order valence-corrected chi connectivity index (χ0v) is 21.9. The molecule has 1 aromatic heterocycles. The summed E-state index contributed by atoms with van der Waals surface area (Å²) in [5.41, 5.74) is 2.08. The predicted molar refractivity (Wildman–Crippen MR) is 143 cm³/mol. The van der Waals surface area contributed by atoms with Crippen molar-refractivity contribution < 1.29 is 28.9 Å². The van der Waals surface area contributed by atoms with Crippen molar-refractivity contribution >= 4 is 45.5 Å². The standard InChI is InChI=1S/C28H25N3O7S/c1-2-37-28(34)21-19-13-6-7-14-20(19)39-27(21)29-25(32)22-23(16-9-8-12-18(15-16)31(35)36)30(38-24(22)26(29)33)17-10-4-3-5-11-17/h3-5,8-12,15,22-24H,2,6-7,13-14H2,1H3/t22-,23-,24-/m0/s1. The summed E-state index contributed by atoms with van der Waals surface area (Å²) >= 11 is 1.29. The average molecular weight is 548 g/mol. The second-order valence-corrected chi connectivity index (χ2v) is 10.7. The molecule has 1 aliphatic carbocycles. The van der Waals surface area contributed by atoms with Crippen LogP contribution in [0.5, 0.6) is 0 Å². The normalized spacial score (nSPS) is 22.1. The van der Waals surface area contributed by atoms with Gasteiger partial charge in [-0.3, -0.25) is 24.5 Å². The molecule has 3 aliphatic rings. The lowest BCUT2D eigenvalue weighted by Crippen LogP contribution is -2.37. The highest BCUT2D eigenvalue weighted by molar-refractivity contribution is 7.17. The van der Waals surface area contributed by atoms with Crippen molar-refractivity contribution in [3.63, 3.8) is 0 Å². The molecule has 3 aromatic rings. The summed E-state index contributed by atoms with van der Waals surface area (Å²) in [6, 6.07) is 14.2. The monoisotopic (exact) mass is 547 g/mol. The zero-order valence-electron chi connectivity index (χ0n) is 21.1. The lowest BCUT2D eigenvalue weighted by Gasteiger charge is -2.28. The Balaban J connectivity index is 1.45. The number of thiophene rings is 1. The van der Waals surface area contributed by atoms with Crippen LogP contribution in [0.4, 0.5) is 16.4 Å². The van der Waals surface area contributed by atoms with Crippen molar-refractivity contribution in [1.82, 2.24) is 0 Å². The number of fused-ring (bicyclic) bond motifs is 2. The first-order chi connectivity index (χ1) is 18.9. The van der Waals surface area contributed by atoms with E-state index in [-0.39, 0.29) is 22.9 Å². The summed E-state index contributed by atoms with van der Waals surface area (Å²) in [5.74, 6) is -2.60. The number of carbonyl (C=O) groups excluding carboxylic acids is 3. The minimum atomic E-state index is -1.16. The average Bonchev–Trinajstić information content (AvgIpc) is 3.59. The second-order valence-electron chi connectivity index (χ2n) is 9.63. The number of rotatable bonds is 6. The van der Waals surface area contributed by atoms with Crippen LogP contribution in [0.3, 0.4) is 0 Å². The number of ether oxygens (including phenoxy) is 1. The van der Waals surface area contributed by atoms with Gasteiger partial charge in [0.05, 0.1) is 28.8 Å². The van der Waals surface area contributed by atoms with Crippen LogP contribution in [0, 0.1) is 16.0 Å². The second kappa shape index (κ2) is 9.90. The van der Waals surface area contributed by atoms with E-state index in [0.717, 1.165) is 34.6 Å². The van der Waals surface area contributed by atoms with Crippen LogP contribution in [-0.4, -0.2) is 35.4 Å². The van der Waals surface area contributed by atoms with Crippen LogP contribution in [-0.2, 0) is 32.0 Å². The van der Waals surface area contributed by atoms with E-state index in [9.17, 15) is 24.5 Å². The Labute approximate surface area is 227 Å². The molecule has 39 heavy (non-hydrogen) atoms. The summed E-state index contributed by atoms with van der Waals surface area (Å²) in [6.45, 7) is 1.88. The molecule has 2 saturated heterocycles. The van der Waals surface area contributed by atoms with Gasteiger partial charge in [0.25, 0.3) is 11.6 Å². The number of esters is 1. The molecule has 0 radical (unpaired) electrons. The molecule has 0 spiro atoms. The molecule has 2 aromatic carbocycles. The fraction of sp³-hybridized carbons (Fsp3) is 0.321. The Morgan fingerprint density at radius 1 is 1.10 bits per heavy atom. The number of non-ortho nitro benzene ring substituents is 1. The van der Waals surface area contributed by atoms with E-state index in [1.54, 1.807) is 43.3 Å². The van der Waals surface area contributed by atoms with Gasteiger partial charge in [0.2, 0.25) is 5.91 Å². The maximum Gasteiger partial charge on any atom is 0.341 e. The summed E-state index contributed by atoms with van der Waals surface area (Å²) in [6.07, 6.45) is 2.16. The van der Waals surface area contributed by atoms with Gasteiger partial charge < -0.3 is 4.74 Å². The number of hydrogen-bond donors (Lipinski definition) is 0. The van der Waals surface area contributed by atoms with Crippen molar-refractivity contribution in [2.24, 2.45) is 5.92 Å². The molecule has 2 amide bonds. The number of nitro benzene ring substituents is 1. The maximum absolute atomic E-state index is 14.1. The number of carbonyl (C=O) groups is 3. The van der Waals surface area contributed by atoms with Crippen LogP contribution in [0.15, 0.2) is 54.6 Å². The molecule has 0 N–H and O–H groups in total. The van der Waals surface area contributed by atoms with Gasteiger partial charge in [-0.2, -0.15) is 0 Å². The molecular formula is C28H25N3O7S. The first kappa shape index (κ1) is 25.2. The maximum atomic E-state index is 14.1. The Kier molecular flexibility index (Phi) is 6.40. The highest BCUT2D eigenvalue weighted by Crippen LogP contribution is 2.50. The van der Waals surface area contributed by atoms with E-state index >= 15 is 0 Å². The number of nitrogens with zero attached hydrogens (tertiary/aromatic N) is 3. The first-order valence-electron chi connectivity index (χ1n) is 12.9. The van der Waals surface area contributed by atoms with Crippen molar-refractivity contribution in [1.29, 1.82) is 0 Å². The van der Waals surface area contributed by atoms with Crippen LogP contribution in [0.2, 0.25) is 0 Å². The molecule has 0 unspecified atom stereocenters. The Morgan fingerprint density at radius 2 is 1.87 bits per heavy atom. The number of para-hydroxylation sites is 1. The Morgan fingerprint density at radius 3 is 2.62 bits per heavy atom. The summed E-state index contributed by atoms with van der Waals surface area (Å²) in [4.78, 5) is 60.4. The summed E-state index contributed by atoms with van der Waals surface area (Å²) < 4.78 is 5.33. The third-order valence-corrected chi connectivity index (χ3v) is 8.66. The van der Waals surface area contributed by atoms with Gasteiger partial charge in [0, 0.05) is 17.0 Å². The van der Waals surface area contributed by atoms with E-state index in [4.69, 9.17) is 9.57 Å². The Bertz CT molecular complexity index is 1490. The highest BCUT2D eigenvalue weighted by Gasteiger charge is 2.61. The van der Waals surface area contributed by atoms with Crippen LogP contribution in [0.25, 0.3) is 0 Å². The molecule has 2 aliphatic heterocycles. The van der Waals surface area contributed by atoms with E-state index < -0.39 is 40.8 Å². The molecule has 11 heteroatoms. The van der Waals surface area contributed by atoms with Gasteiger partial charge in [-0.1, -0.05) is 30.3 Å². The van der Waals surface area contributed by atoms with Gasteiger partial charge in [-0.05, 0) is 55.9 Å². The quantitative estimate of drug-likeness (QED) is 0.188. The first-order valence-corrected chi connectivity index (χ1v) is 13.7. The molecule has 0 bridgehead atoms. The molecular weight excluding hydrogens is 522 g/mol. The van der Waals surface area contributed by atoms with Crippen molar-refractivity contribution in [2.45, 2.75) is 44.8 Å². The number of amides is 2. The molecule has 3 atom stereocenters. The number of hydrogen-bond acceptors (Lipinski definition) is 9. The van der Waals surface area contributed by atoms with E-state index in [2.05, 4.69) is 0 Å². The van der Waals surface area contributed by atoms with Gasteiger partial charge >= 0.3 is 5.97 Å². The third kappa shape index (κ3) is 4.09. The van der Waals surface area contributed by atoms with Gasteiger partial charge in [0.15, 0.2) is 6.10 Å². The lowest BCUT2D eigenvalue weighted by molar-refractivity contribution is -0.384. The smallest absolute Gasteiger partial charge is 0.341 e. The molecule has 3 heterocycles. The fourth-order valence-electron chi connectivity index (χ4n) is 5.70. The number of benzene rings is 2. The Hall–Kier alpha value is -4.09. The number of anilines is 2. The van der Waals surface area contributed by atoms with Crippen molar-refractivity contribution in [3.05, 3.63) is 86.3 Å². The largest absolute Gasteiger partial charge is 0.462 e. The van der Waals surface area contributed by atoms with Crippen molar-refractivity contribution in [3.8, 4) is 0 Å². The fourth-order valence-corrected chi connectivity index (χ4v) is 7.08. The van der Waals surface area contributed by atoms with E-state index in [0.29, 0.717) is 17.7 Å². The minimum Gasteiger partial charge on any atom is -0.462 e. The lowest BCUT2D eigenvalue weighted by atomic mass is 9.90. The van der Waals surface area contributed by atoms with E-state index in [1.807, 2.05) is 6.07 Å². The summed E-state index contributed by atoms with van der Waals surface area (Å²) in [5, 5.41) is 13.3. The molecule has 10 nitrogen and oxygen atoms in total. The number of imide groups is 1. The van der Waals surface area contributed by atoms with Gasteiger partial charge in [0.1, 0.15) is 10.9 Å². The topological polar surface area (TPSA) is 119 Å². The number of nitro groups is 1. The zero-order chi connectivity index (χ0) is 27.3. The third-order valence-electron chi connectivity index (χ3n) is 7.38. The minimum absolute atomic E-state index is 0.131.